The zero-order chi connectivity index (χ0) is 34.1. The lowest BCUT2D eigenvalue weighted by Gasteiger charge is -2.25. The molecule has 5 heteroatoms. The number of nitrogens with zero attached hydrogens (tertiary/aromatic N) is 1. The molecule has 0 atom stereocenters. The average molecular weight is 665 g/mol. The fraction of sp³-hybridized carbons (Fsp3) is 0.0213. The van der Waals surface area contributed by atoms with Gasteiger partial charge >= 0.3 is 0 Å². The van der Waals surface area contributed by atoms with E-state index in [2.05, 4.69) is 144 Å². The summed E-state index contributed by atoms with van der Waals surface area (Å²) in [5.74, 6) is 0. The third-order valence-corrected chi connectivity index (χ3v) is 11.2. The molecule has 0 spiro atoms. The van der Waals surface area contributed by atoms with Crippen molar-refractivity contribution < 1.29 is 8.83 Å². The van der Waals surface area contributed by atoms with Gasteiger partial charge in [0.05, 0.1) is 16.9 Å². The van der Waals surface area contributed by atoms with E-state index in [1.807, 2.05) is 18.2 Å². The minimum absolute atomic E-state index is 0.811. The molecule has 0 radical (unpaired) electrons. The molecule has 0 amide bonds. The van der Waals surface area contributed by atoms with Crippen LogP contribution >= 0.6 is 0 Å². The molecule has 11 aromatic rings. The molecule has 1 aliphatic rings. The number of aromatic nitrogens is 1. The van der Waals surface area contributed by atoms with E-state index >= 15 is 0 Å². The summed E-state index contributed by atoms with van der Waals surface area (Å²) in [5, 5.41) is 13.4. The van der Waals surface area contributed by atoms with Gasteiger partial charge in [-0.2, -0.15) is 0 Å². The number of para-hydroxylation sites is 4. The van der Waals surface area contributed by atoms with Crippen LogP contribution in [-0.2, 0) is 0 Å². The maximum absolute atomic E-state index is 6.84. The number of hydrogen-bond donors (Lipinski definition) is 1. The average Bonchev–Trinajstić information content (AvgIpc) is 3.86. The highest BCUT2D eigenvalue weighted by Crippen LogP contribution is 2.44. The standard InChI is InChI=1S/C47H29BN2O2/c1-26-24-34(44-39(25-26)50-38-23-20-27-10-2-3-11-28(27)42(38)33-15-8-16-35(48-44)45(33)50)43-36(22-21-32-30-13-5-7-19-41(30)52-47(32)43)49-37-17-9-14-31-29-12-4-6-18-40(29)51-46(31)37/h2-25,48-49H,1H3. The quantitative estimate of drug-likeness (QED) is 0.191. The lowest BCUT2D eigenvalue weighted by atomic mass is 9.59. The lowest BCUT2D eigenvalue weighted by Crippen LogP contribution is -2.37. The molecular weight excluding hydrogens is 635 g/mol. The second-order valence-electron chi connectivity index (χ2n) is 14.2. The van der Waals surface area contributed by atoms with E-state index in [9.17, 15) is 0 Å². The largest absolute Gasteiger partial charge is 0.455 e. The highest BCUT2D eigenvalue weighted by Gasteiger charge is 2.29. The van der Waals surface area contributed by atoms with Crippen molar-refractivity contribution in [3.8, 4) is 16.8 Å². The first-order valence-corrected chi connectivity index (χ1v) is 17.9. The van der Waals surface area contributed by atoms with Crippen molar-refractivity contribution in [1.82, 2.24) is 4.57 Å². The van der Waals surface area contributed by atoms with Gasteiger partial charge in [-0.25, -0.2) is 0 Å². The summed E-state index contributed by atoms with van der Waals surface area (Å²) in [6, 6.07) is 52.2. The molecule has 3 aromatic heterocycles. The van der Waals surface area contributed by atoms with Gasteiger partial charge in [-0.1, -0.05) is 109 Å². The van der Waals surface area contributed by atoms with E-state index < -0.39 is 0 Å². The minimum Gasteiger partial charge on any atom is -0.455 e. The first-order chi connectivity index (χ1) is 25.7. The molecule has 4 heterocycles. The van der Waals surface area contributed by atoms with E-state index in [0.29, 0.717) is 0 Å². The van der Waals surface area contributed by atoms with Crippen LogP contribution in [0.15, 0.2) is 154 Å². The molecule has 0 bridgehead atoms. The van der Waals surface area contributed by atoms with Crippen LogP contribution in [0.1, 0.15) is 5.56 Å². The van der Waals surface area contributed by atoms with E-state index in [1.165, 1.54) is 60.3 Å². The van der Waals surface area contributed by atoms with Crippen LogP contribution < -0.4 is 16.2 Å². The van der Waals surface area contributed by atoms with Crippen LogP contribution in [0, 0.1) is 6.92 Å². The van der Waals surface area contributed by atoms with Crippen molar-refractivity contribution in [2.24, 2.45) is 0 Å². The predicted octanol–water partition coefficient (Wildman–Crippen LogP) is 11.2. The highest BCUT2D eigenvalue weighted by atomic mass is 16.3. The lowest BCUT2D eigenvalue weighted by molar-refractivity contribution is 0.669. The van der Waals surface area contributed by atoms with Gasteiger partial charge in [0.2, 0.25) is 0 Å². The molecule has 1 N–H and O–H groups in total. The summed E-state index contributed by atoms with van der Waals surface area (Å²) in [5.41, 5.74) is 15.2. The summed E-state index contributed by atoms with van der Waals surface area (Å²) < 4.78 is 15.9. The number of hydrogen-bond acceptors (Lipinski definition) is 3. The number of rotatable bonds is 3. The monoisotopic (exact) mass is 664 g/mol. The second kappa shape index (κ2) is 10.2. The molecular formula is C47H29BN2O2. The van der Waals surface area contributed by atoms with E-state index in [0.717, 1.165) is 68.1 Å². The zero-order valence-corrected chi connectivity index (χ0v) is 28.3. The Balaban J connectivity index is 1.17. The fourth-order valence-corrected chi connectivity index (χ4v) is 9.05. The van der Waals surface area contributed by atoms with E-state index in [1.54, 1.807) is 0 Å². The van der Waals surface area contributed by atoms with Crippen molar-refractivity contribution in [3.63, 3.8) is 0 Å². The van der Waals surface area contributed by atoms with Gasteiger partial charge in [-0.15, -0.1) is 0 Å². The van der Waals surface area contributed by atoms with Crippen molar-refractivity contribution >= 4 is 106 Å². The first-order valence-electron chi connectivity index (χ1n) is 17.9. The Labute approximate surface area is 298 Å². The zero-order valence-electron chi connectivity index (χ0n) is 28.3. The van der Waals surface area contributed by atoms with Crippen molar-refractivity contribution in [3.05, 3.63) is 151 Å². The van der Waals surface area contributed by atoms with Gasteiger partial charge in [0, 0.05) is 49.1 Å². The Hall–Kier alpha value is -6.72. The molecule has 12 rings (SSSR count). The van der Waals surface area contributed by atoms with Gasteiger partial charge in [-0.05, 0) is 76.8 Å². The van der Waals surface area contributed by atoms with Gasteiger partial charge in [0.25, 0.3) is 0 Å². The summed E-state index contributed by atoms with van der Waals surface area (Å²) in [6.45, 7) is 2.21. The molecule has 0 fully saturated rings. The molecule has 242 valence electrons. The molecule has 4 nitrogen and oxygen atoms in total. The van der Waals surface area contributed by atoms with Crippen LogP contribution in [0.5, 0.6) is 0 Å². The molecule has 0 unspecified atom stereocenters. The van der Waals surface area contributed by atoms with Gasteiger partial charge < -0.3 is 18.7 Å². The topological polar surface area (TPSA) is 43.2 Å². The Bertz CT molecular complexity index is 3330. The molecule has 8 aromatic carbocycles. The third-order valence-electron chi connectivity index (χ3n) is 11.2. The maximum atomic E-state index is 6.84. The highest BCUT2D eigenvalue weighted by molar-refractivity contribution is 6.73. The third kappa shape index (κ3) is 3.72. The summed E-state index contributed by atoms with van der Waals surface area (Å²) in [6.07, 6.45) is 0. The summed E-state index contributed by atoms with van der Waals surface area (Å²) in [4.78, 5) is 0. The number of nitrogens with one attached hydrogen (secondary N) is 1. The molecule has 0 saturated carbocycles. The van der Waals surface area contributed by atoms with E-state index in [-0.39, 0.29) is 0 Å². The van der Waals surface area contributed by atoms with Crippen LogP contribution in [0.25, 0.3) is 93.3 Å². The molecule has 1 aliphatic heterocycles. The van der Waals surface area contributed by atoms with Gasteiger partial charge in [-0.3, -0.25) is 0 Å². The number of furan rings is 2. The van der Waals surface area contributed by atoms with Gasteiger partial charge in [0.15, 0.2) is 12.9 Å². The Morgan fingerprint density at radius 3 is 2.10 bits per heavy atom. The van der Waals surface area contributed by atoms with Crippen LogP contribution in [0.4, 0.5) is 11.4 Å². The number of benzene rings is 8. The van der Waals surface area contributed by atoms with Crippen molar-refractivity contribution in [2.75, 3.05) is 5.32 Å². The summed E-state index contributed by atoms with van der Waals surface area (Å²) in [7, 11) is 0.811. The first kappa shape index (κ1) is 28.0. The normalized spacial score (nSPS) is 12.5. The number of fused-ring (bicyclic) bond motifs is 13. The molecule has 0 aliphatic carbocycles. The minimum atomic E-state index is 0.811. The van der Waals surface area contributed by atoms with Crippen LogP contribution in [-0.4, -0.2) is 11.8 Å². The van der Waals surface area contributed by atoms with E-state index in [4.69, 9.17) is 8.83 Å². The Morgan fingerprint density at radius 2 is 1.25 bits per heavy atom. The SMILES string of the molecule is Cc1cc(-c2c(Nc3cccc4c3oc3ccccc34)ccc3c2oc2ccccc23)c2c(c1)-n1c3ccc4ccccc4c3c3cccc(c31)B2. The smallest absolute Gasteiger partial charge is 0.198 e. The predicted molar refractivity (Wildman–Crippen MR) is 219 cm³/mol. The maximum Gasteiger partial charge on any atom is 0.198 e. The number of anilines is 2. The van der Waals surface area contributed by atoms with Crippen LogP contribution in [0.2, 0.25) is 0 Å². The Morgan fingerprint density at radius 1 is 0.558 bits per heavy atom. The molecule has 52 heavy (non-hydrogen) atoms. The molecule has 0 saturated heterocycles. The van der Waals surface area contributed by atoms with Crippen LogP contribution in [0.3, 0.4) is 0 Å². The Kier molecular flexibility index (Phi) is 5.49. The summed E-state index contributed by atoms with van der Waals surface area (Å²) >= 11 is 0. The fourth-order valence-electron chi connectivity index (χ4n) is 9.05. The van der Waals surface area contributed by atoms with Crippen molar-refractivity contribution in [1.29, 1.82) is 0 Å². The number of aryl methyl sites for hydroxylation is 1. The second-order valence-corrected chi connectivity index (χ2v) is 14.2. The van der Waals surface area contributed by atoms with Crippen molar-refractivity contribution in [2.45, 2.75) is 6.92 Å². The van der Waals surface area contributed by atoms with Gasteiger partial charge in [0.1, 0.15) is 16.7 Å².